The Hall–Kier alpha value is -2.38. The number of benzene rings is 3. The summed E-state index contributed by atoms with van der Waals surface area (Å²) in [5.41, 5.74) is 4.16. The van der Waals surface area contributed by atoms with Crippen molar-refractivity contribution in [1.82, 2.24) is 0 Å². The van der Waals surface area contributed by atoms with Crippen molar-refractivity contribution in [3.8, 4) is 5.75 Å². The first-order valence-corrected chi connectivity index (χ1v) is 10.2. The summed E-state index contributed by atoms with van der Waals surface area (Å²) in [4.78, 5) is 10.4. The van der Waals surface area contributed by atoms with Gasteiger partial charge in [0, 0.05) is 34.4 Å². The fraction of sp³-hybridized carbons (Fsp3) is 0.143. The highest BCUT2D eigenvalue weighted by atomic mass is 79.9. The zero-order chi connectivity index (χ0) is 20.1. The maximum Gasteiger partial charge on any atom is 0.269 e. The summed E-state index contributed by atoms with van der Waals surface area (Å²) in [6, 6.07) is 18.4. The molecule has 1 N–H and O–H groups in total. The molecule has 0 saturated carbocycles. The van der Waals surface area contributed by atoms with Crippen LogP contribution in [-0.2, 0) is 13.2 Å². The van der Waals surface area contributed by atoms with E-state index in [0.29, 0.717) is 13.2 Å². The molecule has 0 amide bonds. The molecular weight excluding hydrogens is 488 g/mol. The van der Waals surface area contributed by atoms with Crippen LogP contribution in [0.2, 0.25) is 0 Å². The van der Waals surface area contributed by atoms with Gasteiger partial charge in [0.25, 0.3) is 5.69 Å². The average molecular weight is 506 g/mol. The number of para-hydroxylation sites is 1. The van der Waals surface area contributed by atoms with Crippen LogP contribution >= 0.6 is 31.9 Å². The van der Waals surface area contributed by atoms with Gasteiger partial charge in [0.2, 0.25) is 0 Å². The molecule has 0 heterocycles. The lowest BCUT2D eigenvalue weighted by Crippen LogP contribution is -2.05. The van der Waals surface area contributed by atoms with Gasteiger partial charge in [-0.1, -0.05) is 34.1 Å². The standard InChI is InChI=1S/C21H18Br2N2O3/c1-14-4-2-3-5-20(14)24-12-16-10-17(22)11-19(23)21(16)28-13-15-6-8-18(9-7-15)25(26)27/h2-11,24H,12-13H2,1H3. The fourth-order valence-electron chi connectivity index (χ4n) is 2.74. The molecule has 0 saturated heterocycles. The number of aryl methyl sites for hydroxylation is 1. The number of nitrogens with one attached hydrogen (secondary N) is 1. The Bertz CT molecular complexity index is 991. The van der Waals surface area contributed by atoms with E-state index in [-0.39, 0.29) is 5.69 Å². The van der Waals surface area contributed by atoms with Crippen LogP contribution in [0.25, 0.3) is 0 Å². The normalized spacial score (nSPS) is 10.5. The number of nitro benzene ring substituents is 1. The number of anilines is 1. The summed E-state index contributed by atoms with van der Waals surface area (Å²) in [5.74, 6) is 0.739. The van der Waals surface area contributed by atoms with Gasteiger partial charge >= 0.3 is 0 Å². The van der Waals surface area contributed by atoms with E-state index in [4.69, 9.17) is 4.74 Å². The van der Waals surface area contributed by atoms with Crippen molar-refractivity contribution in [2.45, 2.75) is 20.1 Å². The minimum absolute atomic E-state index is 0.0664. The van der Waals surface area contributed by atoms with Crippen LogP contribution in [0.1, 0.15) is 16.7 Å². The Balaban J connectivity index is 1.76. The number of nitrogens with zero attached hydrogens (tertiary/aromatic N) is 1. The molecule has 0 aromatic heterocycles. The molecule has 28 heavy (non-hydrogen) atoms. The first kappa shape index (κ1) is 20.4. The Morgan fingerprint density at radius 3 is 2.46 bits per heavy atom. The van der Waals surface area contributed by atoms with Gasteiger partial charge in [0.05, 0.1) is 9.40 Å². The second kappa shape index (κ2) is 9.21. The Labute approximate surface area is 180 Å². The number of rotatable bonds is 7. The van der Waals surface area contributed by atoms with E-state index in [2.05, 4.69) is 50.2 Å². The summed E-state index contributed by atoms with van der Waals surface area (Å²) in [6.07, 6.45) is 0. The summed E-state index contributed by atoms with van der Waals surface area (Å²) >= 11 is 7.10. The molecule has 0 aliphatic rings. The van der Waals surface area contributed by atoms with E-state index >= 15 is 0 Å². The van der Waals surface area contributed by atoms with Gasteiger partial charge in [-0.3, -0.25) is 10.1 Å². The third-order valence-electron chi connectivity index (χ3n) is 4.23. The molecule has 7 heteroatoms. The van der Waals surface area contributed by atoms with Crippen LogP contribution in [0.5, 0.6) is 5.75 Å². The third-order valence-corrected chi connectivity index (χ3v) is 5.28. The van der Waals surface area contributed by atoms with Crippen molar-refractivity contribution in [3.05, 3.63) is 96.4 Å². The number of hydrogen-bond donors (Lipinski definition) is 1. The van der Waals surface area contributed by atoms with Crippen LogP contribution in [0, 0.1) is 17.0 Å². The molecule has 0 spiro atoms. The first-order valence-electron chi connectivity index (χ1n) is 8.57. The van der Waals surface area contributed by atoms with E-state index in [0.717, 1.165) is 31.5 Å². The molecule has 0 fully saturated rings. The highest BCUT2D eigenvalue weighted by Crippen LogP contribution is 2.34. The van der Waals surface area contributed by atoms with E-state index in [1.54, 1.807) is 12.1 Å². The number of ether oxygens (including phenoxy) is 1. The zero-order valence-corrected chi connectivity index (χ0v) is 18.3. The van der Waals surface area contributed by atoms with Crippen molar-refractivity contribution in [2.75, 3.05) is 5.32 Å². The first-order chi connectivity index (χ1) is 13.4. The summed E-state index contributed by atoms with van der Waals surface area (Å²) < 4.78 is 7.84. The SMILES string of the molecule is Cc1ccccc1NCc1cc(Br)cc(Br)c1OCc1ccc([N+](=O)[O-])cc1. The Kier molecular flexibility index (Phi) is 6.70. The monoisotopic (exact) mass is 504 g/mol. The van der Waals surface area contributed by atoms with E-state index in [1.807, 2.05) is 30.3 Å². The van der Waals surface area contributed by atoms with Crippen molar-refractivity contribution >= 4 is 43.2 Å². The van der Waals surface area contributed by atoms with Gasteiger partial charge in [-0.15, -0.1) is 0 Å². The molecule has 3 aromatic carbocycles. The van der Waals surface area contributed by atoms with Crippen molar-refractivity contribution < 1.29 is 9.66 Å². The lowest BCUT2D eigenvalue weighted by molar-refractivity contribution is -0.384. The van der Waals surface area contributed by atoms with Crippen LogP contribution in [0.15, 0.2) is 69.6 Å². The van der Waals surface area contributed by atoms with Crippen LogP contribution < -0.4 is 10.1 Å². The summed E-state index contributed by atoms with van der Waals surface area (Å²) in [5, 5.41) is 14.2. The van der Waals surface area contributed by atoms with Gasteiger partial charge in [-0.2, -0.15) is 0 Å². The zero-order valence-electron chi connectivity index (χ0n) is 15.1. The predicted octanol–water partition coefficient (Wildman–Crippen LogP) is 6.62. The second-order valence-corrected chi connectivity index (χ2v) is 8.03. The minimum atomic E-state index is -0.411. The van der Waals surface area contributed by atoms with Crippen LogP contribution in [0.4, 0.5) is 11.4 Å². The average Bonchev–Trinajstić information content (AvgIpc) is 2.66. The number of halogens is 2. The fourth-order valence-corrected chi connectivity index (χ4v) is 4.17. The molecular formula is C21H18Br2N2O3. The number of hydrogen-bond acceptors (Lipinski definition) is 4. The molecule has 0 atom stereocenters. The molecule has 3 rings (SSSR count). The highest BCUT2D eigenvalue weighted by molar-refractivity contribution is 9.11. The maximum absolute atomic E-state index is 10.8. The molecule has 144 valence electrons. The van der Waals surface area contributed by atoms with Gasteiger partial charge < -0.3 is 10.1 Å². The maximum atomic E-state index is 10.8. The van der Waals surface area contributed by atoms with Gasteiger partial charge in [0.1, 0.15) is 12.4 Å². The largest absolute Gasteiger partial charge is 0.487 e. The lowest BCUT2D eigenvalue weighted by Gasteiger charge is -2.16. The quantitative estimate of drug-likeness (QED) is 0.289. The van der Waals surface area contributed by atoms with E-state index < -0.39 is 4.92 Å². The highest BCUT2D eigenvalue weighted by Gasteiger charge is 2.12. The predicted molar refractivity (Wildman–Crippen MR) is 118 cm³/mol. The number of non-ortho nitro benzene ring substituents is 1. The molecule has 0 bridgehead atoms. The van der Waals surface area contributed by atoms with Crippen molar-refractivity contribution in [3.63, 3.8) is 0 Å². The third kappa shape index (κ3) is 5.11. The molecule has 0 unspecified atom stereocenters. The van der Waals surface area contributed by atoms with Crippen LogP contribution in [-0.4, -0.2) is 4.92 Å². The molecule has 3 aromatic rings. The second-order valence-electron chi connectivity index (χ2n) is 6.26. The smallest absolute Gasteiger partial charge is 0.269 e. The van der Waals surface area contributed by atoms with Gasteiger partial charge in [0.15, 0.2) is 0 Å². The van der Waals surface area contributed by atoms with Gasteiger partial charge in [-0.25, -0.2) is 0 Å². The Morgan fingerprint density at radius 1 is 1.07 bits per heavy atom. The van der Waals surface area contributed by atoms with Gasteiger partial charge in [-0.05, 0) is 64.3 Å². The van der Waals surface area contributed by atoms with Crippen molar-refractivity contribution in [2.24, 2.45) is 0 Å². The number of nitro groups is 1. The lowest BCUT2D eigenvalue weighted by atomic mass is 10.1. The molecule has 0 aliphatic heterocycles. The topological polar surface area (TPSA) is 64.4 Å². The summed E-state index contributed by atoms with van der Waals surface area (Å²) in [6.45, 7) is 2.97. The molecule has 0 radical (unpaired) electrons. The molecule has 0 aliphatic carbocycles. The molecule has 5 nitrogen and oxygen atoms in total. The van der Waals surface area contributed by atoms with E-state index in [9.17, 15) is 10.1 Å². The Morgan fingerprint density at radius 2 is 1.79 bits per heavy atom. The summed E-state index contributed by atoms with van der Waals surface area (Å²) in [7, 11) is 0. The van der Waals surface area contributed by atoms with Crippen LogP contribution in [0.3, 0.4) is 0 Å². The minimum Gasteiger partial charge on any atom is -0.487 e. The van der Waals surface area contributed by atoms with E-state index in [1.165, 1.54) is 17.7 Å². The van der Waals surface area contributed by atoms with Crippen molar-refractivity contribution in [1.29, 1.82) is 0 Å².